The van der Waals surface area contributed by atoms with E-state index in [2.05, 4.69) is 18.7 Å². The van der Waals surface area contributed by atoms with Gasteiger partial charge in [-0.15, -0.1) is 0 Å². The standard InChI is InChI=1S/C15H25ClN2O/c1-4-14(5-2)18(8-9-19-3)11-12-6-7-13(16)10-15(12)17/h6-7,10,14H,4-5,8-9,11,17H2,1-3H3. The summed E-state index contributed by atoms with van der Waals surface area (Å²) < 4.78 is 5.20. The Morgan fingerprint density at radius 3 is 2.53 bits per heavy atom. The van der Waals surface area contributed by atoms with Crippen molar-refractivity contribution < 1.29 is 4.74 Å². The molecule has 0 saturated heterocycles. The first-order valence-corrected chi connectivity index (χ1v) is 7.27. The van der Waals surface area contributed by atoms with Gasteiger partial charge < -0.3 is 10.5 Å². The number of anilines is 1. The van der Waals surface area contributed by atoms with Crippen LogP contribution in [0.4, 0.5) is 5.69 Å². The average molecular weight is 285 g/mol. The number of halogens is 1. The highest BCUT2D eigenvalue weighted by Crippen LogP contribution is 2.21. The first-order valence-electron chi connectivity index (χ1n) is 6.89. The van der Waals surface area contributed by atoms with Gasteiger partial charge >= 0.3 is 0 Å². The fourth-order valence-corrected chi connectivity index (χ4v) is 2.51. The maximum Gasteiger partial charge on any atom is 0.0589 e. The lowest BCUT2D eigenvalue weighted by Gasteiger charge is -2.30. The van der Waals surface area contributed by atoms with Gasteiger partial charge in [0, 0.05) is 37.0 Å². The Morgan fingerprint density at radius 1 is 1.32 bits per heavy atom. The number of rotatable bonds is 8. The molecule has 1 aromatic rings. The molecule has 1 aromatic carbocycles. The van der Waals surface area contributed by atoms with Gasteiger partial charge in [-0.2, -0.15) is 0 Å². The van der Waals surface area contributed by atoms with Crippen LogP contribution in [0.5, 0.6) is 0 Å². The summed E-state index contributed by atoms with van der Waals surface area (Å²) in [5.74, 6) is 0. The molecule has 0 aromatic heterocycles. The van der Waals surface area contributed by atoms with E-state index < -0.39 is 0 Å². The molecule has 0 radical (unpaired) electrons. The molecular formula is C15H25ClN2O. The van der Waals surface area contributed by atoms with E-state index >= 15 is 0 Å². The fraction of sp³-hybridized carbons (Fsp3) is 0.600. The van der Waals surface area contributed by atoms with Crippen LogP contribution in [-0.4, -0.2) is 31.2 Å². The minimum Gasteiger partial charge on any atom is -0.398 e. The lowest BCUT2D eigenvalue weighted by molar-refractivity contribution is 0.110. The van der Waals surface area contributed by atoms with Gasteiger partial charge in [-0.1, -0.05) is 31.5 Å². The Balaban J connectivity index is 2.80. The normalized spacial score (nSPS) is 11.5. The number of methoxy groups -OCH3 is 1. The van der Waals surface area contributed by atoms with Crippen molar-refractivity contribution in [3.63, 3.8) is 0 Å². The number of hydrogen-bond donors (Lipinski definition) is 1. The molecule has 0 heterocycles. The van der Waals surface area contributed by atoms with Gasteiger partial charge in [0.2, 0.25) is 0 Å². The van der Waals surface area contributed by atoms with E-state index in [1.165, 1.54) is 0 Å². The second-order valence-corrected chi connectivity index (χ2v) is 5.21. The van der Waals surface area contributed by atoms with E-state index in [-0.39, 0.29) is 0 Å². The van der Waals surface area contributed by atoms with Crippen molar-refractivity contribution in [1.29, 1.82) is 0 Å². The van der Waals surface area contributed by atoms with Gasteiger partial charge in [-0.3, -0.25) is 4.90 Å². The Hall–Kier alpha value is -0.770. The summed E-state index contributed by atoms with van der Waals surface area (Å²) in [5, 5.41) is 0.687. The summed E-state index contributed by atoms with van der Waals surface area (Å²) in [5.41, 5.74) is 7.94. The van der Waals surface area contributed by atoms with Crippen molar-refractivity contribution in [3.8, 4) is 0 Å². The molecule has 2 N–H and O–H groups in total. The predicted octanol–water partition coefficient (Wildman–Crippen LogP) is 3.56. The zero-order valence-electron chi connectivity index (χ0n) is 12.2. The van der Waals surface area contributed by atoms with Gasteiger partial charge in [-0.25, -0.2) is 0 Å². The van der Waals surface area contributed by atoms with Crippen LogP contribution >= 0.6 is 11.6 Å². The van der Waals surface area contributed by atoms with Crippen LogP contribution in [-0.2, 0) is 11.3 Å². The summed E-state index contributed by atoms with van der Waals surface area (Å²) in [6, 6.07) is 6.29. The summed E-state index contributed by atoms with van der Waals surface area (Å²) in [4.78, 5) is 2.43. The quantitative estimate of drug-likeness (QED) is 0.742. The van der Waals surface area contributed by atoms with Crippen molar-refractivity contribution in [3.05, 3.63) is 28.8 Å². The minimum atomic E-state index is 0.560. The topological polar surface area (TPSA) is 38.5 Å². The molecule has 19 heavy (non-hydrogen) atoms. The molecule has 0 saturated carbocycles. The van der Waals surface area contributed by atoms with Crippen LogP contribution in [0.1, 0.15) is 32.3 Å². The van der Waals surface area contributed by atoms with Crippen molar-refractivity contribution in [1.82, 2.24) is 4.90 Å². The van der Waals surface area contributed by atoms with Crippen LogP contribution in [0, 0.1) is 0 Å². The van der Waals surface area contributed by atoms with Gasteiger partial charge in [0.1, 0.15) is 0 Å². The summed E-state index contributed by atoms with van der Waals surface area (Å²) in [7, 11) is 1.74. The van der Waals surface area contributed by atoms with Gasteiger partial charge in [0.25, 0.3) is 0 Å². The van der Waals surface area contributed by atoms with Gasteiger partial charge in [0.15, 0.2) is 0 Å². The smallest absolute Gasteiger partial charge is 0.0589 e. The molecule has 0 aliphatic heterocycles. The third-order valence-corrected chi connectivity index (χ3v) is 3.76. The van der Waals surface area contributed by atoms with Crippen molar-refractivity contribution >= 4 is 17.3 Å². The molecule has 0 aliphatic rings. The molecule has 0 aliphatic carbocycles. The van der Waals surface area contributed by atoms with E-state index in [4.69, 9.17) is 22.1 Å². The average Bonchev–Trinajstić information content (AvgIpc) is 2.39. The van der Waals surface area contributed by atoms with E-state index in [9.17, 15) is 0 Å². The zero-order valence-corrected chi connectivity index (χ0v) is 12.9. The summed E-state index contributed by atoms with van der Waals surface area (Å²) in [6.07, 6.45) is 2.27. The lowest BCUT2D eigenvalue weighted by atomic mass is 10.1. The summed E-state index contributed by atoms with van der Waals surface area (Å²) >= 11 is 5.94. The molecule has 3 nitrogen and oxygen atoms in total. The van der Waals surface area contributed by atoms with Crippen LogP contribution < -0.4 is 5.73 Å². The fourth-order valence-electron chi connectivity index (χ4n) is 2.33. The number of nitrogens with zero attached hydrogens (tertiary/aromatic N) is 1. The molecule has 4 heteroatoms. The maximum absolute atomic E-state index is 6.04. The Morgan fingerprint density at radius 2 is 2.00 bits per heavy atom. The molecule has 1 rings (SSSR count). The molecule has 0 fully saturated rings. The highest BCUT2D eigenvalue weighted by Gasteiger charge is 2.16. The van der Waals surface area contributed by atoms with E-state index in [0.717, 1.165) is 43.8 Å². The molecule has 0 bridgehead atoms. The van der Waals surface area contributed by atoms with Crippen molar-refractivity contribution in [2.24, 2.45) is 0 Å². The molecule has 0 spiro atoms. The lowest BCUT2D eigenvalue weighted by Crippen LogP contribution is -2.36. The minimum absolute atomic E-state index is 0.560. The van der Waals surface area contributed by atoms with Crippen LogP contribution in [0.2, 0.25) is 5.02 Å². The predicted molar refractivity (Wildman–Crippen MR) is 82.5 cm³/mol. The number of nitrogens with two attached hydrogens (primary N) is 1. The third-order valence-electron chi connectivity index (χ3n) is 3.52. The Bertz CT molecular complexity index is 380. The molecule has 0 atom stereocenters. The monoisotopic (exact) mass is 284 g/mol. The van der Waals surface area contributed by atoms with Crippen LogP contribution in [0.25, 0.3) is 0 Å². The van der Waals surface area contributed by atoms with Crippen LogP contribution in [0.15, 0.2) is 18.2 Å². The number of hydrogen-bond acceptors (Lipinski definition) is 3. The second-order valence-electron chi connectivity index (χ2n) is 4.78. The van der Waals surface area contributed by atoms with Crippen LogP contribution in [0.3, 0.4) is 0 Å². The van der Waals surface area contributed by atoms with Crippen molar-refractivity contribution in [2.45, 2.75) is 39.3 Å². The second kappa shape index (κ2) is 8.41. The number of benzene rings is 1. The maximum atomic E-state index is 6.04. The highest BCUT2D eigenvalue weighted by molar-refractivity contribution is 6.30. The molecule has 108 valence electrons. The Kier molecular flexibility index (Phi) is 7.21. The van der Waals surface area contributed by atoms with E-state index in [0.29, 0.717) is 11.1 Å². The third kappa shape index (κ3) is 5.01. The Labute approximate surface area is 121 Å². The molecule has 0 amide bonds. The SMILES string of the molecule is CCC(CC)N(CCOC)Cc1ccc(Cl)cc1N. The molecule has 0 unspecified atom stereocenters. The first-order chi connectivity index (χ1) is 9.12. The largest absolute Gasteiger partial charge is 0.398 e. The molecular weight excluding hydrogens is 260 g/mol. The number of nitrogen functional groups attached to an aromatic ring is 1. The van der Waals surface area contributed by atoms with E-state index in [1.807, 2.05) is 18.2 Å². The van der Waals surface area contributed by atoms with E-state index in [1.54, 1.807) is 7.11 Å². The van der Waals surface area contributed by atoms with Crippen molar-refractivity contribution in [2.75, 3.05) is 26.0 Å². The first kappa shape index (κ1) is 16.3. The highest BCUT2D eigenvalue weighted by atomic mass is 35.5. The van der Waals surface area contributed by atoms with Gasteiger partial charge in [0.05, 0.1) is 6.61 Å². The number of ether oxygens (including phenoxy) is 1. The van der Waals surface area contributed by atoms with Gasteiger partial charge in [-0.05, 0) is 30.5 Å². The zero-order chi connectivity index (χ0) is 14.3. The summed E-state index contributed by atoms with van der Waals surface area (Å²) in [6.45, 7) is 6.95.